The van der Waals surface area contributed by atoms with Crippen molar-refractivity contribution in [2.24, 2.45) is 5.41 Å². The molecule has 0 bridgehead atoms. The maximum absolute atomic E-state index is 12.1. The third kappa shape index (κ3) is 7.32. The quantitative estimate of drug-likeness (QED) is 0.374. The first-order valence-electron chi connectivity index (χ1n) is 6.67. The summed E-state index contributed by atoms with van der Waals surface area (Å²) in [6, 6.07) is -0.655. The molecule has 120 valence electrons. The molecule has 0 saturated heterocycles. The molecule has 0 radical (unpaired) electrons. The van der Waals surface area contributed by atoms with Gasteiger partial charge in [0, 0.05) is 0 Å². The molecule has 0 aliphatic carbocycles. The molecule has 3 atom stereocenters. The normalized spacial score (nSPS) is 13.8. The summed E-state index contributed by atoms with van der Waals surface area (Å²) in [6.45, 7) is 9.16. The molecule has 0 aliphatic rings. The van der Waals surface area contributed by atoms with Crippen molar-refractivity contribution in [2.45, 2.75) is 37.9 Å². The van der Waals surface area contributed by atoms with Crippen LogP contribution >= 0.6 is 0 Å². The number of carbonyl (C=O) groups excluding carboxylic acids is 3. The second kappa shape index (κ2) is 8.88. The molecule has 0 aromatic carbocycles. The summed E-state index contributed by atoms with van der Waals surface area (Å²) in [7, 11) is 1.52. The summed E-state index contributed by atoms with van der Waals surface area (Å²) in [5.74, 6) is -1.04. The summed E-state index contributed by atoms with van der Waals surface area (Å²) in [5, 5.41) is 5.24. The van der Waals surface area contributed by atoms with Gasteiger partial charge in [0.05, 0.1) is 0 Å². The number of amides is 2. The first-order chi connectivity index (χ1) is 9.63. The van der Waals surface area contributed by atoms with Gasteiger partial charge in [-0.25, -0.2) is 0 Å². The van der Waals surface area contributed by atoms with Crippen molar-refractivity contribution in [3.8, 4) is 0 Å². The van der Waals surface area contributed by atoms with E-state index in [0.29, 0.717) is 0 Å². The molecule has 21 heavy (non-hydrogen) atoms. The molecule has 0 fully saturated rings. The molecule has 0 spiro atoms. The Morgan fingerprint density at radius 1 is 1.29 bits per heavy atom. The van der Waals surface area contributed by atoms with Crippen LogP contribution in [0.5, 0.6) is 0 Å². The van der Waals surface area contributed by atoms with Gasteiger partial charge in [-0.1, -0.05) is 0 Å². The van der Waals surface area contributed by atoms with E-state index in [1.165, 1.54) is 13.1 Å². The van der Waals surface area contributed by atoms with Gasteiger partial charge < -0.3 is 0 Å². The zero-order valence-electron chi connectivity index (χ0n) is 13.1. The Morgan fingerprint density at radius 2 is 1.86 bits per heavy atom. The van der Waals surface area contributed by atoms with Gasteiger partial charge >= 0.3 is 134 Å². The molecule has 0 aliphatic heterocycles. The van der Waals surface area contributed by atoms with Crippen LogP contribution in [0.1, 0.15) is 27.2 Å². The second-order valence-corrected chi connectivity index (χ2v) is 7.39. The number of hydrogen-bond acceptors (Lipinski definition) is 4. The zero-order chi connectivity index (χ0) is 16.6. The molecular weight excluding hydrogens is 335 g/mol. The summed E-state index contributed by atoms with van der Waals surface area (Å²) >= 11 is 1.11. The van der Waals surface area contributed by atoms with Crippen molar-refractivity contribution in [1.29, 1.82) is 0 Å². The Balaban J connectivity index is 4.65. The summed E-state index contributed by atoms with van der Waals surface area (Å²) in [6.07, 6.45) is 1.46. The number of nitrogens with one attached hydrogen (secondary N) is 2. The van der Waals surface area contributed by atoms with E-state index in [2.05, 4.69) is 17.2 Å². The van der Waals surface area contributed by atoms with Gasteiger partial charge in [0.1, 0.15) is 0 Å². The van der Waals surface area contributed by atoms with Crippen LogP contribution in [-0.4, -0.2) is 54.3 Å². The van der Waals surface area contributed by atoms with Crippen molar-refractivity contribution in [3.05, 3.63) is 12.7 Å². The Labute approximate surface area is 134 Å². The fraction of sp³-hybridized carbons (Fsp3) is 0.643. The Kier molecular flexibility index (Phi) is 8.33. The van der Waals surface area contributed by atoms with Gasteiger partial charge in [-0.15, -0.1) is 0 Å². The van der Waals surface area contributed by atoms with Gasteiger partial charge in [-0.05, 0) is 0 Å². The molecule has 0 aromatic rings. The predicted octanol–water partition coefficient (Wildman–Crippen LogP) is -0.196. The molecule has 3 unspecified atom stereocenters. The number of likely N-dealkylation sites (N-methyl/N-ethyl adjacent to an activating group) is 1. The molecule has 7 heteroatoms. The van der Waals surface area contributed by atoms with E-state index in [1.807, 2.05) is 20.8 Å². The fourth-order valence-electron chi connectivity index (χ4n) is 1.55. The van der Waals surface area contributed by atoms with E-state index in [9.17, 15) is 14.4 Å². The number of esters is 1. The molecule has 0 saturated carbocycles. The van der Waals surface area contributed by atoms with Gasteiger partial charge in [0.25, 0.3) is 0 Å². The van der Waals surface area contributed by atoms with Crippen molar-refractivity contribution in [2.75, 3.05) is 13.7 Å². The topological polar surface area (TPSA) is 84.5 Å². The van der Waals surface area contributed by atoms with Crippen LogP contribution in [0.2, 0.25) is 4.71 Å². The van der Waals surface area contributed by atoms with Gasteiger partial charge in [0.2, 0.25) is 0 Å². The minimum atomic E-state index is -0.655. The van der Waals surface area contributed by atoms with E-state index < -0.39 is 22.1 Å². The molecule has 0 aromatic heterocycles. The van der Waals surface area contributed by atoms with E-state index in [-0.39, 0.29) is 24.8 Å². The van der Waals surface area contributed by atoms with Gasteiger partial charge in [-0.3, -0.25) is 0 Å². The van der Waals surface area contributed by atoms with Crippen LogP contribution in [0.4, 0.5) is 0 Å². The van der Waals surface area contributed by atoms with Crippen molar-refractivity contribution >= 4 is 34.6 Å². The third-order valence-electron chi connectivity index (χ3n) is 2.75. The number of hydrogen-bond donors (Lipinski definition) is 2. The van der Waals surface area contributed by atoms with Crippen LogP contribution < -0.4 is 10.6 Å². The van der Waals surface area contributed by atoms with Crippen LogP contribution in [0.15, 0.2) is 12.7 Å². The van der Waals surface area contributed by atoms with E-state index in [1.54, 1.807) is 0 Å². The number of carbonyl (C=O) groups is 3. The van der Waals surface area contributed by atoms with E-state index in [0.717, 1.165) is 16.9 Å². The van der Waals surface area contributed by atoms with Crippen molar-refractivity contribution in [3.63, 3.8) is 0 Å². The average molecular weight is 360 g/mol. The molecule has 2 amide bonds. The van der Waals surface area contributed by atoms with E-state index >= 15 is 0 Å². The average Bonchev–Trinajstić information content (AvgIpc) is 2.39. The first kappa shape index (κ1) is 19.7. The minimum absolute atomic E-state index is 0.00964. The number of rotatable bonds is 7. The SMILES string of the molecule is C=CCOC(=O)CC([AsH2])C(=O)NC(C(=O)NC)C(C)(C)C. The maximum atomic E-state index is 12.1. The first-order valence-corrected chi connectivity index (χ1v) is 8.07. The van der Waals surface area contributed by atoms with Crippen LogP contribution in [0.3, 0.4) is 0 Å². The Bertz CT molecular complexity index is 404. The third-order valence-corrected chi connectivity index (χ3v) is 3.88. The Morgan fingerprint density at radius 3 is 2.29 bits per heavy atom. The van der Waals surface area contributed by atoms with Crippen LogP contribution in [-0.2, 0) is 19.1 Å². The standard InChI is InChI=1S/C14H25AsN2O4/c1-6-7-21-10(18)8-9(15)12(19)17-11(13(20)16-5)14(2,3)4/h6,9,11H,1,7-8,15H2,2-5H3,(H,16,20)(H,17,19). The molecule has 6 nitrogen and oxygen atoms in total. The van der Waals surface area contributed by atoms with E-state index in [4.69, 9.17) is 4.74 Å². The Hall–Kier alpha value is -1.29. The monoisotopic (exact) mass is 360 g/mol. The molecule has 2 N–H and O–H groups in total. The van der Waals surface area contributed by atoms with Gasteiger partial charge in [0.15, 0.2) is 0 Å². The summed E-state index contributed by atoms with van der Waals surface area (Å²) in [4.78, 5) is 35.5. The fourth-order valence-corrected chi connectivity index (χ4v) is 2.16. The summed E-state index contributed by atoms with van der Waals surface area (Å²) < 4.78 is 4.34. The van der Waals surface area contributed by atoms with Crippen LogP contribution in [0.25, 0.3) is 0 Å². The molecular formula is C14H25AsN2O4. The van der Waals surface area contributed by atoms with Gasteiger partial charge in [-0.2, -0.15) is 0 Å². The number of ether oxygens (including phenoxy) is 1. The zero-order valence-corrected chi connectivity index (χ0v) is 15.5. The predicted molar refractivity (Wildman–Crippen MR) is 83.5 cm³/mol. The van der Waals surface area contributed by atoms with Crippen molar-refractivity contribution in [1.82, 2.24) is 10.6 Å². The van der Waals surface area contributed by atoms with Crippen LogP contribution in [0, 0.1) is 5.41 Å². The molecule has 0 rings (SSSR count). The summed E-state index contributed by atoms with van der Waals surface area (Å²) in [5.41, 5.74) is -0.425. The second-order valence-electron chi connectivity index (χ2n) is 5.70. The van der Waals surface area contributed by atoms with Crippen molar-refractivity contribution < 1.29 is 19.1 Å². The molecule has 0 heterocycles.